The van der Waals surface area contributed by atoms with Gasteiger partial charge < -0.3 is 38.5 Å². The van der Waals surface area contributed by atoms with Gasteiger partial charge >= 0.3 is 0 Å². The number of carbonyl (C=O) groups excluding carboxylic acids is 1. The number of hydrogen-bond donors (Lipinski definition) is 1. The average Bonchev–Trinajstić information content (AvgIpc) is 2.73. The van der Waals surface area contributed by atoms with E-state index in [2.05, 4.69) is 10.2 Å². The van der Waals surface area contributed by atoms with Crippen LogP contribution in [0.1, 0.15) is 6.42 Å². The normalized spacial score (nSPS) is 15.1. The molecular weight excluding hydrogens is 368 g/mol. The summed E-state index contributed by atoms with van der Waals surface area (Å²) < 4.78 is 32.4. The van der Waals surface area contributed by atoms with Gasteiger partial charge in [-0.2, -0.15) is 0 Å². The molecule has 1 fully saturated rings. The minimum Gasteiger partial charge on any atom is -0.379 e. The van der Waals surface area contributed by atoms with Gasteiger partial charge in [0.15, 0.2) is 0 Å². The lowest BCUT2D eigenvalue weighted by atomic mass is 10.4. The summed E-state index contributed by atoms with van der Waals surface area (Å²) in [4.78, 5) is 12.5. The van der Waals surface area contributed by atoms with Gasteiger partial charge in [-0.25, -0.2) is 0 Å². The highest BCUT2D eigenvalue weighted by molar-refractivity contribution is 5.49. The van der Waals surface area contributed by atoms with Crippen LogP contribution in [0.25, 0.3) is 0 Å². The van der Waals surface area contributed by atoms with Gasteiger partial charge in [-0.15, -0.1) is 0 Å². The summed E-state index contributed by atoms with van der Waals surface area (Å²) in [6.07, 6.45) is 1.27. The highest BCUT2D eigenvalue weighted by atomic mass is 16.6. The predicted octanol–water partition coefficient (Wildman–Crippen LogP) is -0.420. The molecule has 0 amide bonds. The fraction of sp³-hybridized carbons (Fsp3) is 0.947. The summed E-state index contributed by atoms with van der Waals surface area (Å²) in [6.45, 7) is 12.0. The number of nitrogens with zero attached hydrogens (tertiary/aromatic N) is 1. The zero-order valence-electron chi connectivity index (χ0n) is 17.1. The lowest BCUT2D eigenvalue weighted by Gasteiger charge is -2.26. The van der Waals surface area contributed by atoms with E-state index >= 15 is 0 Å². The standard InChI is InChI=1S/C19H38N2O7/c22-7-1-8-23-10-12-25-14-16-27-18-19-28-17-15-26-13-11-24-9-6-21-4-2-20-3-5-21/h7,20H,1-6,8-19H2. The molecule has 1 saturated heterocycles. The fourth-order valence-corrected chi connectivity index (χ4v) is 2.46. The second kappa shape index (κ2) is 21.1. The topological polar surface area (TPSA) is 87.7 Å². The first-order valence-corrected chi connectivity index (χ1v) is 10.3. The van der Waals surface area contributed by atoms with Crippen LogP contribution >= 0.6 is 0 Å². The molecule has 0 aromatic heterocycles. The van der Waals surface area contributed by atoms with Crippen molar-refractivity contribution in [2.75, 3.05) is 112 Å². The van der Waals surface area contributed by atoms with Crippen LogP contribution in [-0.4, -0.2) is 123 Å². The van der Waals surface area contributed by atoms with Gasteiger partial charge in [0, 0.05) is 39.1 Å². The van der Waals surface area contributed by atoms with Crippen molar-refractivity contribution in [2.45, 2.75) is 6.42 Å². The van der Waals surface area contributed by atoms with Crippen LogP contribution in [0.15, 0.2) is 0 Å². The number of rotatable bonds is 21. The van der Waals surface area contributed by atoms with Crippen LogP contribution in [0.4, 0.5) is 0 Å². The smallest absolute Gasteiger partial charge is 0.122 e. The third-order valence-corrected chi connectivity index (χ3v) is 4.00. The zero-order valence-corrected chi connectivity index (χ0v) is 17.1. The summed E-state index contributed by atoms with van der Waals surface area (Å²) in [5.41, 5.74) is 0. The van der Waals surface area contributed by atoms with E-state index in [1.165, 1.54) is 0 Å². The molecule has 0 radical (unpaired) electrons. The Morgan fingerprint density at radius 3 is 1.43 bits per heavy atom. The molecule has 0 spiro atoms. The van der Waals surface area contributed by atoms with Crippen molar-refractivity contribution in [3.63, 3.8) is 0 Å². The van der Waals surface area contributed by atoms with Crippen molar-refractivity contribution in [3.05, 3.63) is 0 Å². The molecule has 9 nitrogen and oxygen atoms in total. The molecule has 0 bridgehead atoms. The third-order valence-electron chi connectivity index (χ3n) is 4.00. The van der Waals surface area contributed by atoms with E-state index in [0.29, 0.717) is 79.1 Å². The van der Waals surface area contributed by atoms with Crippen molar-refractivity contribution in [3.8, 4) is 0 Å². The number of nitrogens with one attached hydrogen (secondary N) is 1. The summed E-state index contributed by atoms with van der Waals surface area (Å²) in [6, 6.07) is 0. The molecule has 1 rings (SSSR count). The third kappa shape index (κ3) is 17.4. The van der Waals surface area contributed by atoms with E-state index in [1.807, 2.05) is 0 Å². The van der Waals surface area contributed by atoms with E-state index in [-0.39, 0.29) is 0 Å². The summed E-state index contributed by atoms with van der Waals surface area (Å²) in [5.74, 6) is 0. The Hall–Kier alpha value is -0.650. The van der Waals surface area contributed by atoms with E-state index in [0.717, 1.165) is 45.6 Å². The van der Waals surface area contributed by atoms with Gasteiger partial charge in [-0.1, -0.05) is 0 Å². The average molecular weight is 407 g/mol. The van der Waals surface area contributed by atoms with Crippen LogP contribution in [0.3, 0.4) is 0 Å². The van der Waals surface area contributed by atoms with Gasteiger partial charge in [-0.05, 0) is 0 Å². The number of aldehydes is 1. The zero-order chi connectivity index (χ0) is 20.0. The number of carbonyl (C=O) groups is 1. The van der Waals surface area contributed by atoms with E-state index in [1.54, 1.807) is 0 Å². The van der Waals surface area contributed by atoms with Crippen molar-refractivity contribution in [1.29, 1.82) is 0 Å². The Bertz CT molecular complexity index is 331. The lowest BCUT2D eigenvalue weighted by molar-refractivity contribution is -0.108. The Morgan fingerprint density at radius 1 is 0.607 bits per heavy atom. The van der Waals surface area contributed by atoms with Gasteiger partial charge in [0.2, 0.25) is 0 Å². The van der Waals surface area contributed by atoms with Crippen molar-refractivity contribution < 1.29 is 33.2 Å². The van der Waals surface area contributed by atoms with Crippen LogP contribution in [0.2, 0.25) is 0 Å². The Kier molecular flexibility index (Phi) is 19.1. The van der Waals surface area contributed by atoms with Gasteiger partial charge in [0.1, 0.15) is 6.29 Å². The maximum atomic E-state index is 10.1. The number of piperazine rings is 1. The Morgan fingerprint density at radius 2 is 1.00 bits per heavy atom. The molecule has 9 heteroatoms. The predicted molar refractivity (Wildman–Crippen MR) is 105 cm³/mol. The number of ether oxygens (including phenoxy) is 6. The Balaban J connectivity index is 1.64. The molecule has 0 atom stereocenters. The molecule has 0 aromatic rings. The summed E-state index contributed by atoms with van der Waals surface area (Å²) in [5, 5.41) is 3.34. The second-order valence-electron chi connectivity index (χ2n) is 6.22. The largest absolute Gasteiger partial charge is 0.379 e. The highest BCUT2D eigenvalue weighted by Crippen LogP contribution is 1.92. The molecule has 0 aromatic carbocycles. The monoisotopic (exact) mass is 406 g/mol. The van der Waals surface area contributed by atoms with E-state index < -0.39 is 0 Å². The van der Waals surface area contributed by atoms with Crippen molar-refractivity contribution >= 4 is 6.29 Å². The first-order chi connectivity index (χ1) is 13.9. The molecule has 1 heterocycles. The molecule has 0 aliphatic carbocycles. The van der Waals surface area contributed by atoms with Crippen molar-refractivity contribution in [1.82, 2.24) is 10.2 Å². The second-order valence-corrected chi connectivity index (χ2v) is 6.22. The minimum absolute atomic E-state index is 0.430. The van der Waals surface area contributed by atoms with Crippen LogP contribution in [-0.2, 0) is 33.2 Å². The summed E-state index contributed by atoms with van der Waals surface area (Å²) in [7, 11) is 0. The first kappa shape index (κ1) is 25.4. The molecule has 1 aliphatic rings. The van der Waals surface area contributed by atoms with Gasteiger partial charge in [0.25, 0.3) is 0 Å². The molecule has 0 unspecified atom stereocenters. The minimum atomic E-state index is 0.430. The maximum Gasteiger partial charge on any atom is 0.122 e. The molecular formula is C19H38N2O7. The molecule has 1 N–H and O–H groups in total. The molecule has 0 saturated carbocycles. The van der Waals surface area contributed by atoms with Crippen LogP contribution in [0.5, 0.6) is 0 Å². The summed E-state index contributed by atoms with van der Waals surface area (Å²) >= 11 is 0. The van der Waals surface area contributed by atoms with E-state index in [9.17, 15) is 4.79 Å². The van der Waals surface area contributed by atoms with Crippen LogP contribution < -0.4 is 5.32 Å². The number of hydrogen-bond acceptors (Lipinski definition) is 9. The maximum absolute atomic E-state index is 10.1. The van der Waals surface area contributed by atoms with Crippen LogP contribution in [0, 0.1) is 0 Å². The highest BCUT2D eigenvalue weighted by Gasteiger charge is 2.08. The Labute approximate surface area is 168 Å². The van der Waals surface area contributed by atoms with Gasteiger partial charge in [0.05, 0.1) is 79.3 Å². The van der Waals surface area contributed by atoms with Crippen molar-refractivity contribution in [2.24, 2.45) is 0 Å². The van der Waals surface area contributed by atoms with E-state index in [4.69, 9.17) is 28.4 Å². The van der Waals surface area contributed by atoms with Gasteiger partial charge in [-0.3, -0.25) is 4.90 Å². The lowest BCUT2D eigenvalue weighted by Crippen LogP contribution is -2.44. The molecule has 28 heavy (non-hydrogen) atoms. The fourth-order valence-electron chi connectivity index (χ4n) is 2.46. The quantitative estimate of drug-likeness (QED) is 0.202. The SMILES string of the molecule is O=CCCOCCOCCOCCOCCOCCOCCN1CCNCC1. The molecule has 166 valence electrons. The molecule has 1 aliphatic heterocycles. The first-order valence-electron chi connectivity index (χ1n) is 10.3.